The molecule has 144 valence electrons. The highest BCUT2D eigenvalue weighted by Gasteiger charge is 2.21. The summed E-state index contributed by atoms with van der Waals surface area (Å²) in [6, 6.07) is 8.29. The van der Waals surface area contributed by atoms with Crippen LogP contribution in [0.25, 0.3) is 0 Å². The maximum atomic E-state index is 12.0. The van der Waals surface area contributed by atoms with Crippen LogP contribution < -0.4 is 11.1 Å². The van der Waals surface area contributed by atoms with Crippen molar-refractivity contribution in [2.75, 3.05) is 20.1 Å². The van der Waals surface area contributed by atoms with Crippen LogP contribution >= 0.6 is 0 Å². The van der Waals surface area contributed by atoms with E-state index in [9.17, 15) is 14.4 Å². The molecule has 0 radical (unpaired) electrons. The Hall–Kier alpha value is -2.61. The number of likely N-dealkylation sites (N-methyl/N-ethyl adjacent to an activating group) is 1. The van der Waals surface area contributed by atoms with Crippen LogP contribution in [0.1, 0.15) is 26.3 Å². The third-order valence-electron chi connectivity index (χ3n) is 3.21. The van der Waals surface area contributed by atoms with Crippen LogP contribution in [0.15, 0.2) is 30.3 Å². The summed E-state index contributed by atoms with van der Waals surface area (Å²) in [5.74, 6) is -0.418. The van der Waals surface area contributed by atoms with E-state index in [1.807, 2.05) is 30.3 Å². The fraction of sp³-hybridized carbons (Fsp3) is 0.500. The van der Waals surface area contributed by atoms with Gasteiger partial charge < -0.3 is 25.4 Å². The molecule has 8 nitrogen and oxygen atoms in total. The molecule has 1 unspecified atom stereocenters. The van der Waals surface area contributed by atoms with Crippen molar-refractivity contribution in [1.29, 1.82) is 0 Å². The number of hydrogen-bond donors (Lipinski definition) is 2. The Balaban J connectivity index is 2.35. The van der Waals surface area contributed by atoms with E-state index in [2.05, 4.69) is 5.32 Å². The zero-order valence-corrected chi connectivity index (χ0v) is 15.7. The normalized spacial score (nSPS) is 12.0. The third-order valence-corrected chi connectivity index (χ3v) is 3.21. The number of ketones is 1. The molecule has 8 heteroatoms. The summed E-state index contributed by atoms with van der Waals surface area (Å²) in [4.78, 5) is 36.7. The number of amides is 2. The van der Waals surface area contributed by atoms with Crippen LogP contribution in [0.4, 0.5) is 9.59 Å². The van der Waals surface area contributed by atoms with Gasteiger partial charge in [0.2, 0.25) is 0 Å². The summed E-state index contributed by atoms with van der Waals surface area (Å²) >= 11 is 0. The molecule has 0 aromatic heterocycles. The molecule has 1 rings (SSSR count). The summed E-state index contributed by atoms with van der Waals surface area (Å²) in [5, 5.41) is 2.34. The van der Waals surface area contributed by atoms with Gasteiger partial charge in [-0.3, -0.25) is 4.79 Å². The number of nitrogens with two attached hydrogens (primary N) is 1. The van der Waals surface area contributed by atoms with E-state index < -0.39 is 29.6 Å². The summed E-state index contributed by atoms with van der Waals surface area (Å²) in [6.45, 7) is 4.99. The number of hydrogen-bond acceptors (Lipinski definition) is 6. The Morgan fingerprint density at radius 3 is 2.38 bits per heavy atom. The van der Waals surface area contributed by atoms with Gasteiger partial charge in [-0.1, -0.05) is 30.3 Å². The molecular formula is C18H27N3O5. The Kier molecular flexibility index (Phi) is 8.05. The van der Waals surface area contributed by atoms with Crippen molar-refractivity contribution in [1.82, 2.24) is 10.2 Å². The van der Waals surface area contributed by atoms with E-state index in [1.54, 1.807) is 20.8 Å². The SMILES string of the molecule is CN(CC(N)C(=O)CNC(=O)OC(C)(C)C)C(=O)OCc1ccccc1. The fourth-order valence-corrected chi connectivity index (χ4v) is 1.91. The van der Waals surface area contributed by atoms with E-state index >= 15 is 0 Å². The highest BCUT2D eigenvalue weighted by atomic mass is 16.6. The molecule has 0 fully saturated rings. The summed E-state index contributed by atoms with van der Waals surface area (Å²) < 4.78 is 10.2. The molecule has 26 heavy (non-hydrogen) atoms. The number of alkyl carbamates (subject to hydrolysis) is 1. The summed E-state index contributed by atoms with van der Waals surface area (Å²) in [5.41, 5.74) is 5.99. The van der Waals surface area contributed by atoms with Crippen LogP contribution in [-0.4, -0.2) is 54.6 Å². The maximum absolute atomic E-state index is 12.0. The molecule has 0 saturated heterocycles. The van der Waals surface area contributed by atoms with Gasteiger partial charge in [0.05, 0.1) is 12.6 Å². The number of carbonyl (C=O) groups excluding carboxylic acids is 3. The van der Waals surface area contributed by atoms with E-state index in [1.165, 1.54) is 11.9 Å². The molecule has 0 bridgehead atoms. The van der Waals surface area contributed by atoms with Crippen molar-refractivity contribution in [2.45, 2.75) is 39.0 Å². The average Bonchev–Trinajstić information content (AvgIpc) is 2.56. The van der Waals surface area contributed by atoms with Gasteiger partial charge in [-0.25, -0.2) is 9.59 Å². The second-order valence-corrected chi connectivity index (χ2v) is 6.85. The highest BCUT2D eigenvalue weighted by Crippen LogP contribution is 2.06. The Morgan fingerprint density at radius 2 is 1.81 bits per heavy atom. The predicted octanol–water partition coefficient (Wildman–Crippen LogP) is 1.68. The summed E-state index contributed by atoms with van der Waals surface area (Å²) in [6.07, 6.45) is -1.29. The molecule has 3 N–H and O–H groups in total. The first-order valence-electron chi connectivity index (χ1n) is 8.25. The molecule has 1 aromatic carbocycles. The van der Waals surface area contributed by atoms with Crippen molar-refractivity contribution in [3.8, 4) is 0 Å². The fourth-order valence-electron chi connectivity index (χ4n) is 1.91. The van der Waals surface area contributed by atoms with Crippen LogP contribution in [-0.2, 0) is 20.9 Å². The van der Waals surface area contributed by atoms with Gasteiger partial charge in [0, 0.05) is 13.6 Å². The van der Waals surface area contributed by atoms with Crippen LogP contribution in [0.2, 0.25) is 0 Å². The molecule has 0 aliphatic rings. The monoisotopic (exact) mass is 365 g/mol. The van der Waals surface area contributed by atoms with E-state index in [0.717, 1.165) is 5.56 Å². The van der Waals surface area contributed by atoms with E-state index in [4.69, 9.17) is 15.2 Å². The van der Waals surface area contributed by atoms with Crippen molar-refractivity contribution in [3.05, 3.63) is 35.9 Å². The second-order valence-electron chi connectivity index (χ2n) is 6.85. The van der Waals surface area contributed by atoms with Gasteiger partial charge in [-0.15, -0.1) is 0 Å². The Labute approximate surface area is 153 Å². The molecule has 0 saturated carbocycles. The van der Waals surface area contributed by atoms with Gasteiger partial charge in [-0.2, -0.15) is 0 Å². The maximum Gasteiger partial charge on any atom is 0.409 e. The number of Topliss-reactive ketones (excluding diaryl/α,β-unsaturated/α-hetero) is 1. The quantitative estimate of drug-likeness (QED) is 0.760. The molecule has 1 atom stereocenters. The summed E-state index contributed by atoms with van der Waals surface area (Å²) in [7, 11) is 1.49. The predicted molar refractivity (Wildman–Crippen MR) is 96.5 cm³/mol. The third kappa shape index (κ3) is 8.48. The smallest absolute Gasteiger partial charge is 0.409 e. The molecule has 0 aliphatic carbocycles. The van der Waals surface area contributed by atoms with Crippen molar-refractivity contribution in [2.24, 2.45) is 5.73 Å². The minimum Gasteiger partial charge on any atom is -0.445 e. The first-order chi connectivity index (χ1) is 12.1. The lowest BCUT2D eigenvalue weighted by atomic mass is 10.2. The van der Waals surface area contributed by atoms with E-state index in [-0.39, 0.29) is 19.7 Å². The number of carbonyl (C=O) groups is 3. The Bertz CT molecular complexity index is 613. The van der Waals surface area contributed by atoms with E-state index in [0.29, 0.717) is 0 Å². The molecule has 0 spiro atoms. The molecule has 0 aliphatic heterocycles. The van der Waals surface area contributed by atoms with Gasteiger partial charge in [0.25, 0.3) is 0 Å². The van der Waals surface area contributed by atoms with Crippen molar-refractivity contribution in [3.63, 3.8) is 0 Å². The molecule has 1 aromatic rings. The van der Waals surface area contributed by atoms with Gasteiger partial charge >= 0.3 is 12.2 Å². The van der Waals surface area contributed by atoms with Gasteiger partial charge in [0.15, 0.2) is 5.78 Å². The molecule has 0 heterocycles. The number of nitrogens with zero attached hydrogens (tertiary/aromatic N) is 1. The highest BCUT2D eigenvalue weighted by molar-refractivity contribution is 5.88. The zero-order chi connectivity index (χ0) is 19.7. The topological polar surface area (TPSA) is 111 Å². The second kappa shape index (κ2) is 9.76. The average molecular weight is 365 g/mol. The Morgan fingerprint density at radius 1 is 1.19 bits per heavy atom. The zero-order valence-electron chi connectivity index (χ0n) is 15.7. The molecule has 2 amide bonds. The lowest BCUT2D eigenvalue weighted by molar-refractivity contribution is -0.119. The van der Waals surface area contributed by atoms with Crippen LogP contribution in [0, 0.1) is 0 Å². The standard InChI is InChI=1S/C18H27N3O5/c1-18(2,3)26-16(23)20-10-15(22)14(19)11-21(4)17(24)25-12-13-8-6-5-7-9-13/h5-9,14H,10-12,19H2,1-4H3,(H,20,23). The number of rotatable bonds is 7. The number of nitrogens with one attached hydrogen (secondary N) is 1. The lowest BCUT2D eigenvalue weighted by Crippen LogP contribution is -2.47. The first kappa shape index (κ1) is 21.4. The van der Waals surface area contributed by atoms with Gasteiger partial charge in [0.1, 0.15) is 12.2 Å². The molecular weight excluding hydrogens is 338 g/mol. The van der Waals surface area contributed by atoms with Crippen molar-refractivity contribution >= 4 is 18.0 Å². The number of ether oxygens (including phenoxy) is 2. The minimum absolute atomic E-state index is 0.0253. The van der Waals surface area contributed by atoms with Crippen molar-refractivity contribution < 1.29 is 23.9 Å². The van der Waals surface area contributed by atoms with Crippen LogP contribution in [0.5, 0.6) is 0 Å². The van der Waals surface area contributed by atoms with Gasteiger partial charge in [-0.05, 0) is 26.3 Å². The number of benzene rings is 1. The lowest BCUT2D eigenvalue weighted by Gasteiger charge is -2.22. The largest absolute Gasteiger partial charge is 0.445 e. The van der Waals surface area contributed by atoms with Crippen LogP contribution in [0.3, 0.4) is 0 Å². The first-order valence-corrected chi connectivity index (χ1v) is 8.25. The minimum atomic E-state index is -0.945.